The molecule has 5 heteroatoms. The lowest BCUT2D eigenvalue weighted by Gasteiger charge is -2.19. The highest BCUT2D eigenvalue weighted by Crippen LogP contribution is 2.05. The molecule has 0 saturated carbocycles. The van der Waals surface area contributed by atoms with Crippen molar-refractivity contribution in [1.29, 1.82) is 0 Å². The zero-order valence-corrected chi connectivity index (χ0v) is 10.1. The average Bonchev–Trinajstić information content (AvgIpc) is 2.40. The van der Waals surface area contributed by atoms with Crippen LogP contribution in [-0.2, 0) is 4.79 Å². The maximum absolute atomic E-state index is 11.9. The molecule has 0 unspecified atom stereocenters. The Hall–Kier alpha value is -2.17. The van der Waals surface area contributed by atoms with Crippen molar-refractivity contribution in [2.75, 3.05) is 0 Å². The molecule has 94 valence electrons. The minimum atomic E-state index is -0.182. The van der Waals surface area contributed by atoms with E-state index < -0.39 is 0 Å². The van der Waals surface area contributed by atoms with Crippen LogP contribution in [0.1, 0.15) is 30.1 Å². The molecule has 0 fully saturated rings. The maximum Gasteiger partial charge on any atom is 0.251 e. The zero-order valence-electron chi connectivity index (χ0n) is 10.1. The Morgan fingerprint density at radius 1 is 1.33 bits per heavy atom. The van der Waals surface area contributed by atoms with Crippen LogP contribution in [0, 0.1) is 0 Å². The molecule has 5 nitrogen and oxygen atoms in total. The first kappa shape index (κ1) is 12.3. The van der Waals surface area contributed by atoms with Gasteiger partial charge < -0.3 is 5.32 Å². The normalized spacial score (nSPS) is 16.5. The van der Waals surface area contributed by atoms with Crippen molar-refractivity contribution in [1.82, 2.24) is 10.7 Å². The number of carbonyl (C=O) groups is 2. The molecule has 1 aliphatic rings. The van der Waals surface area contributed by atoms with Crippen LogP contribution >= 0.6 is 0 Å². The molecule has 0 radical (unpaired) electrons. The van der Waals surface area contributed by atoms with E-state index in [1.54, 1.807) is 12.1 Å². The van der Waals surface area contributed by atoms with Crippen LogP contribution in [-0.4, -0.2) is 23.6 Å². The SMILES string of the molecule is C[C@@H](NC(=O)c1ccccc1)C1=NNC(=O)CC1. The molecule has 2 amide bonds. The molecule has 0 aliphatic carbocycles. The van der Waals surface area contributed by atoms with Gasteiger partial charge in [-0.3, -0.25) is 9.59 Å². The molecule has 1 aliphatic heterocycles. The third-order valence-electron chi connectivity index (χ3n) is 2.82. The molecule has 1 aromatic carbocycles. The Morgan fingerprint density at radius 2 is 2.06 bits per heavy atom. The minimum Gasteiger partial charge on any atom is -0.344 e. The maximum atomic E-state index is 11.9. The van der Waals surface area contributed by atoms with Crippen LogP contribution in [0.15, 0.2) is 35.4 Å². The number of hydrazone groups is 1. The average molecular weight is 245 g/mol. The smallest absolute Gasteiger partial charge is 0.251 e. The van der Waals surface area contributed by atoms with Crippen LogP contribution in [0.5, 0.6) is 0 Å². The van der Waals surface area contributed by atoms with E-state index in [0.717, 1.165) is 5.71 Å². The van der Waals surface area contributed by atoms with Gasteiger partial charge >= 0.3 is 0 Å². The molecule has 0 bridgehead atoms. The Labute approximate surface area is 105 Å². The van der Waals surface area contributed by atoms with Gasteiger partial charge in [0.05, 0.1) is 11.8 Å². The predicted molar refractivity (Wildman–Crippen MR) is 68.2 cm³/mol. The number of nitrogens with one attached hydrogen (secondary N) is 2. The van der Waals surface area contributed by atoms with Crippen molar-refractivity contribution in [3.63, 3.8) is 0 Å². The Bertz CT molecular complexity index is 482. The number of hydrogen-bond acceptors (Lipinski definition) is 3. The summed E-state index contributed by atoms with van der Waals surface area (Å²) in [6.45, 7) is 1.86. The number of hydrogen-bond donors (Lipinski definition) is 2. The quantitative estimate of drug-likeness (QED) is 0.836. The lowest BCUT2D eigenvalue weighted by molar-refractivity contribution is -0.121. The zero-order chi connectivity index (χ0) is 13.0. The predicted octanol–water partition coefficient (Wildman–Crippen LogP) is 1.07. The van der Waals surface area contributed by atoms with Gasteiger partial charge in [0.15, 0.2) is 0 Å². The number of amides is 2. The summed E-state index contributed by atoms with van der Waals surface area (Å²) in [6, 6.07) is 8.83. The first-order valence-corrected chi connectivity index (χ1v) is 5.88. The van der Waals surface area contributed by atoms with E-state index in [2.05, 4.69) is 15.8 Å². The van der Waals surface area contributed by atoms with Crippen molar-refractivity contribution >= 4 is 17.5 Å². The number of carbonyl (C=O) groups excluding carboxylic acids is 2. The third-order valence-corrected chi connectivity index (χ3v) is 2.82. The highest BCUT2D eigenvalue weighted by atomic mass is 16.2. The lowest BCUT2D eigenvalue weighted by Crippen LogP contribution is -2.41. The fourth-order valence-electron chi connectivity index (χ4n) is 1.75. The molecule has 2 rings (SSSR count). The standard InChI is InChI=1S/C13H15N3O2/c1-9(11-7-8-12(17)16-15-11)14-13(18)10-5-3-2-4-6-10/h2-6,9H,7-8H2,1H3,(H,14,18)(H,16,17)/t9-/m1/s1. The number of benzene rings is 1. The van der Waals surface area contributed by atoms with Crippen LogP contribution in [0.4, 0.5) is 0 Å². The topological polar surface area (TPSA) is 70.6 Å². The van der Waals surface area contributed by atoms with Gasteiger partial charge in [-0.25, -0.2) is 5.43 Å². The lowest BCUT2D eigenvalue weighted by atomic mass is 10.1. The third kappa shape index (κ3) is 2.94. The summed E-state index contributed by atoms with van der Waals surface area (Å²) in [6.07, 6.45) is 1.01. The summed E-state index contributed by atoms with van der Waals surface area (Å²) in [5.74, 6) is -0.219. The van der Waals surface area contributed by atoms with E-state index in [9.17, 15) is 9.59 Å². The highest BCUT2D eigenvalue weighted by molar-refractivity contribution is 6.01. The van der Waals surface area contributed by atoms with Gasteiger partial charge in [-0.1, -0.05) is 18.2 Å². The summed E-state index contributed by atoms with van der Waals surface area (Å²) in [5, 5.41) is 6.82. The number of rotatable bonds is 3. The van der Waals surface area contributed by atoms with E-state index >= 15 is 0 Å². The molecular weight excluding hydrogens is 230 g/mol. The van der Waals surface area contributed by atoms with Crippen LogP contribution in [0.3, 0.4) is 0 Å². The number of nitrogens with zero attached hydrogens (tertiary/aromatic N) is 1. The molecule has 1 atom stereocenters. The van der Waals surface area contributed by atoms with Crippen LogP contribution < -0.4 is 10.7 Å². The monoisotopic (exact) mass is 245 g/mol. The van der Waals surface area contributed by atoms with Gasteiger partial charge in [-0.05, 0) is 25.5 Å². The van der Waals surface area contributed by atoms with Gasteiger partial charge in [-0.2, -0.15) is 5.10 Å². The van der Waals surface area contributed by atoms with Gasteiger partial charge in [0, 0.05) is 12.0 Å². The van der Waals surface area contributed by atoms with Crippen molar-refractivity contribution in [3.05, 3.63) is 35.9 Å². The second kappa shape index (κ2) is 5.44. The molecule has 0 aromatic heterocycles. The van der Waals surface area contributed by atoms with Gasteiger partial charge in [0.1, 0.15) is 0 Å². The van der Waals surface area contributed by atoms with Crippen molar-refractivity contribution < 1.29 is 9.59 Å². The summed E-state index contributed by atoms with van der Waals surface area (Å²) in [4.78, 5) is 22.9. The molecule has 2 N–H and O–H groups in total. The van der Waals surface area contributed by atoms with E-state index in [1.165, 1.54) is 0 Å². The molecule has 1 aromatic rings. The summed E-state index contributed by atoms with van der Waals surface area (Å²) in [5.41, 5.74) is 3.83. The van der Waals surface area contributed by atoms with E-state index in [4.69, 9.17) is 0 Å². The van der Waals surface area contributed by atoms with E-state index in [1.807, 2.05) is 25.1 Å². The van der Waals surface area contributed by atoms with Crippen LogP contribution in [0.25, 0.3) is 0 Å². The fourth-order valence-corrected chi connectivity index (χ4v) is 1.75. The summed E-state index contributed by atoms with van der Waals surface area (Å²) in [7, 11) is 0. The van der Waals surface area contributed by atoms with E-state index in [-0.39, 0.29) is 17.9 Å². The molecule has 18 heavy (non-hydrogen) atoms. The molecule has 0 saturated heterocycles. The van der Waals surface area contributed by atoms with Crippen molar-refractivity contribution in [3.8, 4) is 0 Å². The Kier molecular flexibility index (Phi) is 3.72. The Balaban J connectivity index is 1.98. The van der Waals surface area contributed by atoms with Crippen molar-refractivity contribution in [2.24, 2.45) is 5.10 Å². The minimum absolute atomic E-state index is 0.0830. The second-order valence-corrected chi connectivity index (χ2v) is 4.20. The van der Waals surface area contributed by atoms with E-state index in [0.29, 0.717) is 18.4 Å². The summed E-state index contributed by atoms with van der Waals surface area (Å²) >= 11 is 0. The highest BCUT2D eigenvalue weighted by Gasteiger charge is 2.19. The second-order valence-electron chi connectivity index (χ2n) is 4.20. The molecular formula is C13H15N3O2. The first-order chi connectivity index (χ1) is 8.66. The first-order valence-electron chi connectivity index (χ1n) is 5.88. The van der Waals surface area contributed by atoms with Crippen molar-refractivity contribution in [2.45, 2.75) is 25.8 Å². The fraction of sp³-hybridized carbons (Fsp3) is 0.308. The van der Waals surface area contributed by atoms with Gasteiger partial charge in [0.25, 0.3) is 5.91 Å². The van der Waals surface area contributed by atoms with Gasteiger partial charge in [-0.15, -0.1) is 0 Å². The summed E-state index contributed by atoms with van der Waals surface area (Å²) < 4.78 is 0. The van der Waals surface area contributed by atoms with Crippen LogP contribution in [0.2, 0.25) is 0 Å². The Morgan fingerprint density at radius 3 is 2.67 bits per heavy atom. The molecule has 0 spiro atoms. The largest absolute Gasteiger partial charge is 0.344 e. The van der Waals surface area contributed by atoms with Gasteiger partial charge in [0.2, 0.25) is 5.91 Å². The molecule has 1 heterocycles.